The molecular weight excluding hydrogens is 306 g/mol. The maximum Gasteiger partial charge on any atom is 0.227 e. The minimum absolute atomic E-state index is 0. The lowest BCUT2D eigenvalue weighted by molar-refractivity contribution is -0.121. The van der Waals surface area contributed by atoms with E-state index in [4.69, 9.17) is 0 Å². The molecule has 1 aromatic carbocycles. The topological polar surface area (TPSA) is 54.0 Å². The third-order valence-electron chi connectivity index (χ3n) is 3.74. The van der Waals surface area contributed by atoms with Crippen LogP contribution >= 0.6 is 23.7 Å². The largest absolute Gasteiger partial charge is 0.326 e. The average Bonchev–Trinajstić information content (AvgIpc) is 2.90. The molecule has 1 aromatic heterocycles. The zero-order chi connectivity index (χ0) is 13.9. The summed E-state index contributed by atoms with van der Waals surface area (Å²) in [6.07, 6.45) is 1.79. The number of carbonyl (C=O) groups is 1. The van der Waals surface area contributed by atoms with Gasteiger partial charge in [0.15, 0.2) is 0 Å². The highest BCUT2D eigenvalue weighted by atomic mass is 35.5. The van der Waals surface area contributed by atoms with Crippen LogP contribution in [0, 0.1) is 11.8 Å². The number of amides is 1. The normalized spacial score (nSPS) is 15.7. The summed E-state index contributed by atoms with van der Waals surface area (Å²) in [5.74, 6) is 0.588. The van der Waals surface area contributed by atoms with E-state index in [1.807, 2.05) is 36.6 Å². The Morgan fingerprint density at radius 3 is 2.90 bits per heavy atom. The highest BCUT2D eigenvalue weighted by Gasteiger charge is 2.28. The van der Waals surface area contributed by atoms with Gasteiger partial charge in [0, 0.05) is 28.7 Å². The number of aromatic nitrogens is 1. The molecule has 21 heavy (non-hydrogen) atoms. The molecule has 1 fully saturated rings. The van der Waals surface area contributed by atoms with Crippen molar-refractivity contribution < 1.29 is 4.79 Å². The van der Waals surface area contributed by atoms with Crippen molar-refractivity contribution in [1.82, 2.24) is 10.3 Å². The molecule has 0 aliphatic carbocycles. The number of hydrogen-bond acceptors (Lipinski definition) is 4. The lowest BCUT2D eigenvalue weighted by atomic mass is 9.88. The van der Waals surface area contributed by atoms with E-state index in [1.165, 1.54) is 0 Å². The van der Waals surface area contributed by atoms with Gasteiger partial charge < -0.3 is 10.6 Å². The fourth-order valence-electron chi connectivity index (χ4n) is 2.23. The monoisotopic (exact) mass is 323 g/mol. The van der Waals surface area contributed by atoms with Gasteiger partial charge in [-0.25, -0.2) is 4.98 Å². The second-order valence-corrected chi connectivity index (χ2v) is 6.01. The SMILES string of the molecule is CC(C(=O)Nc1cccc(-c2nccs2)c1)C1CNC1.Cl. The summed E-state index contributed by atoms with van der Waals surface area (Å²) < 4.78 is 0. The Labute approximate surface area is 134 Å². The first-order chi connectivity index (χ1) is 9.74. The average molecular weight is 324 g/mol. The molecule has 112 valence electrons. The Morgan fingerprint density at radius 1 is 1.48 bits per heavy atom. The minimum Gasteiger partial charge on any atom is -0.326 e. The number of thiazole rings is 1. The van der Waals surface area contributed by atoms with E-state index in [0.717, 1.165) is 29.3 Å². The molecule has 0 spiro atoms. The number of rotatable bonds is 4. The molecule has 2 N–H and O–H groups in total. The maximum absolute atomic E-state index is 12.2. The number of benzene rings is 1. The molecule has 1 amide bonds. The molecule has 1 unspecified atom stereocenters. The van der Waals surface area contributed by atoms with Crippen molar-refractivity contribution in [1.29, 1.82) is 0 Å². The molecule has 4 nitrogen and oxygen atoms in total. The van der Waals surface area contributed by atoms with Crippen LogP contribution in [0.25, 0.3) is 10.6 Å². The highest BCUT2D eigenvalue weighted by molar-refractivity contribution is 7.13. The summed E-state index contributed by atoms with van der Waals surface area (Å²) in [6.45, 7) is 3.87. The van der Waals surface area contributed by atoms with Crippen LogP contribution < -0.4 is 10.6 Å². The zero-order valence-corrected chi connectivity index (χ0v) is 13.3. The first-order valence-electron chi connectivity index (χ1n) is 6.75. The van der Waals surface area contributed by atoms with Crippen LogP contribution in [-0.4, -0.2) is 24.0 Å². The maximum atomic E-state index is 12.2. The Hall–Kier alpha value is -1.43. The summed E-state index contributed by atoms with van der Waals surface area (Å²) in [5, 5.41) is 9.13. The van der Waals surface area contributed by atoms with Gasteiger partial charge in [0.25, 0.3) is 0 Å². The van der Waals surface area contributed by atoms with Crippen molar-refractivity contribution in [2.24, 2.45) is 11.8 Å². The van der Waals surface area contributed by atoms with Crippen LogP contribution in [0.15, 0.2) is 35.8 Å². The number of nitrogens with zero attached hydrogens (tertiary/aromatic N) is 1. The van der Waals surface area contributed by atoms with Crippen molar-refractivity contribution in [3.8, 4) is 10.6 Å². The van der Waals surface area contributed by atoms with Crippen LogP contribution in [0.1, 0.15) is 6.92 Å². The number of hydrogen-bond donors (Lipinski definition) is 2. The molecule has 2 heterocycles. The number of halogens is 1. The van der Waals surface area contributed by atoms with E-state index in [1.54, 1.807) is 17.5 Å². The first kappa shape index (κ1) is 15.9. The molecule has 0 radical (unpaired) electrons. The van der Waals surface area contributed by atoms with Gasteiger partial charge in [-0.2, -0.15) is 0 Å². The fourth-order valence-corrected chi connectivity index (χ4v) is 2.87. The third kappa shape index (κ3) is 3.61. The van der Waals surface area contributed by atoms with E-state index in [0.29, 0.717) is 5.92 Å². The first-order valence-corrected chi connectivity index (χ1v) is 7.63. The smallest absolute Gasteiger partial charge is 0.227 e. The van der Waals surface area contributed by atoms with Crippen LogP contribution in [0.5, 0.6) is 0 Å². The van der Waals surface area contributed by atoms with Crippen molar-refractivity contribution in [3.63, 3.8) is 0 Å². The van der Waals surface area contributed by atoms with E-state index in [-0.39, 0.29) is 24.2 Å². The van der Waals surface area contributed by atoms with Crippen molar-refractivity contribution >= 4 is 35.3 Å². The van der Waals surface area contributed by atoms with Crippen LogP contribution in [0.4, 0.5) is 5.69 Å². The predicted molar refractivity (Wildman–Crippen MR) is 89.0 cm³/mol. The molecule has 3 rings (SSSR count). The standard InChI is InChI=1S/C15H17N3OS.ClH/c1-10(12-8-16-9-12)14(19)18-13-4-2-3-11(7-13)15-17-5-6-20-15;/h2-7,10,12,16H,8-9H2,1H3,(H,18,19);1H. The van der Waals surface area contributed by atoms with Crippen LogP contribution in [-0.2, 0) is 4.79 Å². The molecule has 1 saturated heterocycles. The molecule has 6 heteroatoms. The summed E-state index contributed by atoms with van der Waals surface area (Å²) in [7, 11) is 0. The molecule has 2 aromatic rings. The van der Waals surface area contributed by atoms with E-state index < -0.39 is 0 Å². The van der Waals surface area contributed by atoms with Gasteiger partial charge in [-0.15, -0.1) is 23.7 Å². The van der Waals surface area contributed by atoms with E-state index >= 15 is 0 Å². The highest BCUT2D eigenvalue weighted by Crippen LogP contribution is 2.25. The molecular formula is C15H18ClN3OS. The summed E-state index contributed by atoms with van der Waals surface area (Å²) in [5.41, 5.74) is 1.87. The number of carbonyl (C=O) groups excluding carboxylic acids is 1. The molecule has 1 aliphatic heterocycles. The Morgan fingerprint density at radius 2 is 2.29 bits per heavy atom. The second kappa shape index (κ2) is 7.02. The van der Waals surface area contributed by atoms with E-state index in [9.17, 15) is 4.79 Å². The van der Waals surface area contributed by atoms with Crippen molar-refractivity contribution in [3.05, 3.63) is 35.8 Å². The summed E-state index contributed by atoms with van der Waals surface area (Å²) in [6, 6.07) is 7.85. The molecule has 0 saturated carbocycles. The second-order valence-electron chi connectivity index (χ2n) is 5.11. The van der Waals surface area contributed by atoms with Crippen molar-refractivity contribution in [2.45, 2.75) is 6.92 Å². The fraction of sp³-hybridized carbons (Fsp3) is 0.333. The van der Waals surface area contributed by atoms with Gasteiger partial charge in [-0.1, -0.05) is 19.1 Å². The van der Waals surface area contributed by atoms with Gasteiger partial charge in [0.2, 0.25) is 5.91 Å². The minimum atomic E-state index is 0. The Kier molecular flexibility index (Phi) is 5.33. The van der Waals surface area contributed by atoms with Crippen LogP contribution in [0.3, 0.4) is 0 Å². The van der Waals surface area contributed by atoms with Gasteiger partial charge >= 0.3 is 0 Å². The molecule has 0 bridgehead atoms. The quantitative estimate of drug-likeness (QED) is 0.909. The molecule has 1 aliphatic rings. The predicted octanol–water partition coefficient (Wildman–Crippen LogP) is 3.03. The lowest BCUT2D eigenvalue weighted by Gasteiger charge is -2.31. The number of nitrogens with one attached hydrogen (secondary N) is 2. The van der Waals surface area contributed by atoms with Gasteiger partial charge in [0.1, 0.15) is 5.01 Å². The third-order valence-corrected chi connectivity index (χ3v) is 4.57. The van der Waals surface area contributed by atoms with Crippen LogP contribution in [0.2, 0.25) is 0 Å². The number of anilines is 1. The zero-order valence-electron chi connectivity index (χ0n) is 11.7. The Balaban J connectivity index is 0.00000161. The summed E-state index contributed by atoms with van der Waals surface area (Å²) >= 11 is 1.60. The van der Waals surface area contributed by atoms with Gasteiger partial charge in [0.05, 0.1) is 0 Å². The van der Waals surface area contributed by atoms with E-state index in [2.05, 4.69) is 15.6 Å². The summed E-state index contributed by atoms with van der Waals surface area (Å²) in [4.78, 5) is 16.5. The Bertz CT molecular complexity index is 599. The molecule has 1 atom stereocenters. The van der Waals surface area contributed by atoms with Crippen molar-refractivity contribution in [2.75, 3.05) is 18.4 Å². The lowest BCUT2D eigenvalue weighted by Crippen LogP contribution is -2.48. The van der Waals surface area contributed by atoms with Gasteiger partial charge in [-0.05, 0) is 31.1 Å². The van der Waals surface area contributed by atoms with Gasteiger partial charge in [-0.3, -0.25) is 4.79 Å².